The SMILES string of the molecule is Nc1ccccc1C(=O)NC(=O)NC12CC3CC(CC(C3)C1)C2. The van der Waals surface area contributed by atoms with E-state index < -0.39 is 5.91 Å². The average Bonchev–Trinajstić information content (AvgIpc) is 2.45. The maximum Gasteiger partial charge on any atom is 0.322 e. The molecule has 0 unspecified atom stereocenters. The fourth-order valence-corrected chi connectivity index (χ4v) is 5.41. The fourth-order valence-electron chi connectivity index (χ4n) is 5.41. The van der Waals surface area contributed by atoms with Gasteiger partial charge in [0, 0.05) is 11.2 Å². The minimum atomic E-state index is -0.440. The van der Waals surface area contributed by atoms with Gasteiger partial charge in [0.25, 0.3) is 5.91 Å². The number of rotatable bonds is 2. The zero-order chi connectivity index (χ0) is 16.0. The van der Waals surface area contributed by atoms with Crippen molar-refractivity contribution in [3.8, 4) is 0 Å². The van der Waals surface area contributed by atoms with E-state index in [9.17, 15) is 9.59 Å². The quantitative estimate of drug-likeness (QED) is 0.734. The monoisotopic (exact) mass is 313 g/mol. The molecule has 4 N–H and O–H groups in total. The van der Waals surface area contributed by atoms with Gasteiger partial charge in [-0.3, -0.25) is 10.1 Å². The summed E-state index contributed by atoms with van der Waals surface area (Å²) in [6.45, 7) is 0. The molecular formula is C18H23N3O2. The Morgan fingerprint density at radius 2 is 1.57 bits per heavy atom. The van der Waals surface area contributed by atoms with Crippen LogP contribution in [0, 0.1) is 17.8 Å². The number of anilines is 1. The van der Waals surface area contributed by atoms with Crippen LogP contribution in [0.3, 0.4) is 0 Å². The molecule has 1 aromatic rings. The topological polar surface area (TPSA) is 84.2 Å². The molecule has 4 fully saturated rings. The predicted molar refractivity (Wildman–Crippen MR) is 87.8 cm³/mol. The van der Waals surface area contributed by atoms with Crippen molar-refractivity contribution in [1.29, 1.82) is 0 Å². The maximum absolute atomic E-state index is 12.3. The highest BCUT2D eigenvalue weighted by Crippen LogP contribution is 2.55. The third-order valence-corrected chi connectivity index (χ3v) is 5.85. The van der Waals surface area contributed by atoms with Crippen LogP contribution in [0.15, 0.2) is 24.3 Å². The molecule has 3 amide bonds. The van der Waals surface area contributed by atoms with Gasteiger partial charge in [-0.25, -0.2) is 4.79 Å². The van der Waals surface area contributed by atoms with Gasteiger partial charge >= 0.3 is 6.03 Å². The van der Waals surface area contributed by atoms with Gasteiger partial charge in [0.2, 0.25) is 0 Å². The van der Waals surface area contributed by atoms with Crippen molar-refractivity contribution < 1.29 is 9.59 Å². The van der Waals surface area contributed by atoms with Crippen molar-refractivity contribution in [2.45, 2.75) is 44.1 Å². The highest BCUT2D eigenvalue weighted by Gasteiger charge is 2.51. The van der Waals surface area contributed by atoms with Crippen molar-refractivity contribution in [3.05, 3.63) is 29.8 Å². The number of urea groups is 1. The van der Waals surface area contributed by atoms with E-state index >= 15 is 0 Å². The number of hydrogen-bond acceptors (Lipinski definition) is 3. The summed E-state index contributed by atoms with van der Waals surface area (Å²) in [5.41, 5.74) is 6.42. The van der Waals surface area contributed by atoms with Crippen LogP contribution in [0.1, 0.15) is 48.9 Å². The lowest BCUT2D eigenvalue weighted by Crippen LogP contribution is -2.61. The zero-order valence-electron chi connectivity index (χ0n) is 13.2. The van der Waals surface area contributed by atoms with Gasteiger partial charge in [0.05, 0.1) is 5.56 Å². The Labute approximate surface area is 136 Å². The van der Waals surface area contributed by atoms with Crippen LogP contribution >= 0.6 is 0 Å². The molecule has 0 atom stereocenters. The highest BCUT2D eigenvalue weighted by atomic mass is 16.2. The van der Waals surface area contributed by atoms with Crippen LogP contribution in [-0.4, -0.2) is 17.5 Å². The molecule has 4 bridgehead atoms. The third kappa shape index (κ3) is 2.69. The Balaban J connectivity index is 1.43. The second kappa shape index (κ2) is 5.25. The summed E-state index contributed by atoms with van der Waals surface area (Å²) in [6.07, 6.45) is 7.16. The molecule has 0 radical (unpaired) electrons. The van der Waals surface area contributed by atoms with E-state index in [1.165, 1.54) is 19.3 Å². The normalized spacial score (nSPS) is 34.2. The first-order valence-electron chi connectivity index (χ1n) is 8.51. The standard InChI is InChI=1S/C18H23N3O2/c19-15-4-2-1-3-14(15)16(22)20-17(23)21-18-8-11-5-12(9-18)7-13(6-11)10-18/h1-4,11-13H,5-10,19H2,(H2,20,21,22,23). The molecule has 4 aliphatic rings. The minimum absolute atomic E-state index is 0.0959. The number of nitrogen functional groups attached to an aromatic ring is 1. The van der Waals surface area contributed by atoms with Gasteiger partial charge in [0.1, 0.15) is 0 Å². The lowest BCUT2D eigenvalue weighted by atomic mass is 9.53. The molecule has 0 aromatic heterocycles. The average molecular weight is 313 g/mol. The minimum Gasteiger partial charge on any atom is -0.398 e. The summed E-state index contributed by atoms with van der Waals surface area (Å²) in [6, 6.07) is 6.40. The van der Waals surface area contributed by atoms with E-state index in [1.807, 2.05) is 0 Å². The number of nitrogens with one attached hydrogen (secondary N) is 2. The zero-order valence-corrected chi connectivity index (χ0v) is 13.2. The van der Waals surface area contributed by atoms with E-state index in [2.05, 4.69) is 10.6 Å². The number of carbonyl (C=O) groups excluding carboxylic acids is 2. The van der Waals surface area contributed by atoms with Crippen LogP contribution in [0.25, 0.3) is 0 Å². The molecule has 0 spiro atoms. The Morgan fingerprint density at radius 3 is 2.13 bits per heavy atom. The molecule has 0 saturated heterocycles. The smallest absolute Gasteiger partial charge is 0.322 e. The van der Waals surface area contributed by atoms with E-state index in [-0.39, 0.29) is 11.6 Å². The first kappa shape index (κ1) is 14.5. The Bertz CT molecular complexity index is 620. The van der Waals surface area contributed by atoms with Crippen LogP contribution in [0.2, 0.25) is 0 Å². The van der Waals surface area contributed by atoms with Gasteiger partial charge in [0.15, 0.2) is 0 Å². The summed E-state index contributed by atoms with van der Waals surface area (Å²) < 4.78 is 0. The Hall–Kier alpha value is -2.04. The number of hydrogen-bond donors (Lipinski definition) is 3. The highest BCUT2D eigenvalue weighted by molar-refractivity contribution is 6.07. The lowest BCUT2D eigenvalue weighted by molar-refractivity contribution is -0.0134. The molecule has 23 heavy (non-hydrogen) atoms. The number of imide groups is 1. The first-order valence-corrected chi connectivity index (χ1v) is 8.51. The molecule has 0 heterocycles. The number of benzene rings is 1. The number of amides is 3. The molecule has 1 aromatic carbocycles. The van der Waals surface area contributed by atoms with Crippen LogP contribution < -0.4 is 16.4 Å². The molecule has 5 heteroatoms. The van der Waals surface area contributed by atoms with Gasteiger partial charge in [-0.2, -0.15) is 0 Å². The third-order valence-electron chi connectivity index (χ3n) is 5.85. The van der Waals surface area contributed by atoms with E-state index in [0.29, 0.717) is 11.3 Å². The van der Waals surface area contributed by atoms with Gasteiger partial charge in [-0.15, -0.1) is 0 Å². The second-order valence-corrected chi connectivity index (χ2v) is 7.69. The number of nitrogens with two attached hydrogens (primary N) is 1. The summed E-state index contributed by atoms with van der Waals surface area (Å²) in [4.78, 5) is 24.5. The Kier molecular flexibility index (Phi) is 3.32. The Morgan fingerprint density at radius 1 is 1.00 bits per heavy atom. The summed E-state index contributed by atoms with van der Waals surface area (Å²) in [7, 11) is 0. The molecule has 5 nitrogen and oxygen atoms in total. The van der Waals surface area contributed by atoms with Gasteiger partial charge < -0.3 is 11.1 Å². The van der Waals surface area contributed by atoms with Crippen molar-refractivity contribution in [1.82, 2.24) is 10.6 Å². The largest absolute Gasteiger partial charge is 0.398 e. The summed E-state index contributed by atoms with van der Waals surface area (Å²) in [5.74, 6) is 1.82. The van der Waals surface area contributed by atoms with Crippen LogP contribution in [0.4, 0.5) is 10.5 Å². The van der Waals surface area contributed by atoms with E-state index in [0.717, 1.165) is 37.0 Å². The van der Waals surface area contributed by atoms with Crippen molar-refractivity contribution in [2.75, 3.05) is 5.73 Å². The predicted octanol–water partition coefficient (Wildman–Crippen LogP) is 2.68. The number of carbonyl (C=O) groups is 2. The summed E-state index contributed by atoms with van der Waals surface area (Å²) in [5, 5.41) is 5.58. The van der Waals surface area contributed by atoms with Crippen molar-refractivity contribution >= 4 is 17.6 Å². The second-order valence-electron chi connectivity index (χ2n) is 7.69. The fraction of sp³-hybridized carbons (Fsp3) is 0.556. The molecule has 4 aliphatic carbocycles. The van der Waals surface area contributed by atoms with Gasteiger partial charge in [-0.1, -0.05) is 12.1 Å². The van der Waals surface area contributed by atoms with E-state index in [4.69, 9.17) is 5.73 Å². The molecule has 122 valence electrons. The van der Waals surface area contributed by atoms with Crippen molar-refractivity contribution in [3.63, 3.8) is 0 Å². The maximum atomic E-state index is 12.3. The molecule has 4 saturated carbocycles. The van der Waals surface area contributed by atoms with Crippen molar-refractivity contribution in [2.24, 2.45) is 17.8 Å². The lowest BCUT2D eigenvalue weighted by Gasteiger charge is -2.56. The molecule has 0 aliphatic heterocycles. The molecule has 5 rings (SSSR count). The summed E-state index contributed by atoms with van der Waals surface area (Å²) >= 11 is 0. The molecular weight excluding hydrogens is 290 g/mol. The van der Waals surface area contributed by atoms with E-state index in [1.54, 1.807) is 24.3 Å². The van der Waals surface area contributed by atoms with Crippen LogP contribution in [0.5, 0.6) is 0 Å². The number of para-hydroxylation sites is 1. The first-order chi connectivity index (χ1) is 11.0. The van der Waals surface area contributed by atoms with Gasteiger partial charge in [-0.05, 0) is 68.4 Å². The van der Waals surface area contributed by atoms with Crippen LogP contribution in [-0.2, 0) is 0 Å².